The van der Waals surface area contributed by atoms with E-state index in [2.05, 4.69) is 60.8 Å². The van der Waals surface area contributed by atoms with Gasteiger partial charge in [-0.05, 0) is 83.3 Å². The van der Waals surface area contributed by atoms with E-state index in [1.54, 1.807) is 11.8 Å². The van der Waals surface area contributed by atoms with Gasteiger partial charge in [-0.1, -0.05) is 72.3 Å². The number of rotatable bonds is 13. The second-order valence-electron chi connectivity index (χ2n) is 11.9. The number of methoxy groups -OCH3 is 1. The number of carboxylic acids is 1. The lowest BCUT2D eigenvalue weighted by atomic mass is 10.0. The first-order chi connectivity index (χ1) is 24.4. The summed E-state index contributed by atoms with van der Waals surface area (Å²) in [5.41, 5.74) is 4.62. The minimum absolute atomic E-state index is 0.0202. The Bertz CT molecular complexity index is 1980. The van der Waals surface area contributed by atoms with Crippen LogP contribution in [-0.2, 0) is 34.5 Å². The van der Waals surface area contributed by atoms with Gasteiger partial charge in [-0.15, -0.1) is 11.8 Å². The Morgan fingerprint density at radius 3 is 2.00 bits per heavy atom. The number of thioether (sulfide) groups is 1. The van der Waals surface area contributed by atoms with E-state index in [0.29, 0.717) is 0 Å². The van der Waals surface area contributed by atoms with E-state index < -0.39 is 42.5 Å². The van der Waals surface area contributed by atoms with E-state index in [9.17, 15) is 32.7 Å². The highest BCUT2D eigenvalue weighted by atomic mass is 32.2. The molecule has 2 N–H and O–H groups in total. The number of carboxylic acid groups (broad SMARTS) is 1. The van der Waals surface area contributed by atoms with Crippen LogP contribution in [0.4, 0.5) is 18.9 Å². The van der Waals surface area contributed by atoms with Crippen LogP contribution in [-0.4, -0.2) is 41.4 Å². The van der Waals surface area contributed by atoms with Crippen molar-refractivity contribution in [3.63, 3.8) is 0 Å². The van der Waals surface area contributed by atoms with Gasteiger partial charge in [-0.3, -0.25) is 14.4 Å². The van der Waals surface area contributed by atoms with Gasteiger partial charge in [0.15, 0.2) is 0 Å². The van der Waals surface area contributed by atoms with Crippen molar-refractivity contribution in [2.24, 2.45) is 0 Å². The quantitative estimate of drug-likeness (QED) is 0.119. The van der Waals surface area contributed by atoms with Crippen LogP contribution in [0.2, 0.25) is 0 Å². The van der Waals surface area contributed by atoms with Gasteiger partial charge in [0.25, 0.3) is 5.91 Å². The Morgan fingerprint density at radius 2 is 1.41 bits per heavy atom. The number of aryl methyl sites for hydroxylation is 1. The fourth-order valence-corrected chi connectivity index (χ4v) is 6.19. The molecular formula is C40H35F3N2O5S. The largest absolute Gasteiger partial charge is 0.497 e. The van der Waals surface area contributed by atoms with Gasteiger partial charge in [-0.25, -0.2) is 0 Å². The molecule has 0 bridgehead atoms. The molecule has 0 radical (unpaired) electrons. The topological polar surface area (TPSA) is 95.9 Å². The van der Waals surface area contributed by atoms with Crippen molar-refractivity contribution < 1.29 is 37.4 Å². The first-order valence-corrected chi connectivity index (χ1v) is 16.9. The molecule has 0 heterocycles. The van der Waals surface area contributed by atoms with Crippen molar-refractivity contribution in [3.05, 3.63) is 149 Å². The van der Waals surface area contributed by atoms with Crippen molar-refractivity contribution in [1.82, 2.24) is 4.90 Å². The number of alkyl halides is 3. The molecule has 2 amide bonds. The summed E-state index contributed by atoms with van der Waals surface area (Å²) in [5, 5.41) is 12.1. The fraction of sp³-hybridized carbons (Fsp3) is 0.175. The lowest BCUT2D eigenvalue weighted by Crippen LogP contribution is -2.35. The molecule has 0 aliphatic heterocycles. The third kappa shape index (κ3) is 10.2. The highest BCUT2D eigenvalue weighted by Crippen LogP contribution is 2.35. The molecule has 262 valence electrons. The number of nitrogens with one attached hydrogen (secondary N) is 1. The highest BCUT2D eigenvalue weighted by Gasteiger charge is 2.34. The molecule has 0 unspecified atom stereocenters. The van der Waals surface area contributed by atoms with Crippen LogP contribution in [0.25, 0.3) is 11.1 Å². The van der Waals surface area contributed by atoms with Gasteiger partial charge in [0.2, 0.25) is 5.91 Å². The Kier molecular flexibility index (Phi) is 11.8. The number of nitrogens with zero attached hydrogens (tertiary/aromatic N) is 1. The van der Waals surface area contributed by atoms with Crippen LogP contribution in [0, 0.1) is 6.92 Å². The van der Waals surface area contributed by atoms with E-state index in [0.717, 1.165) is 33.4 Å². The Labute approximate surface area is 298 Å². The molecule has 5 aromatic rings. The van der Waals surface area contributed by atoms with E-state index >= 15 is 0 Å². The average Bonchev–Trinajstić information content (AvgIpc) is 3.11. The van der Waals surface area contributed by atoms with Crippen molar-refractivity contribution >= 4 is 35.2 Å². The lowest BCUT2D eigenvalue weighted by Gasteiger charge is -2.21. The number of hydrogen-bond acceptors (Lipinski definition) is 5. The summed E-state index contributed by atoms with van der Waals surface area (Å²) >= 11 is 1.70. The van der Waals surface area contributed by atoms with Crippen LogP contribution in [0.1, 0.15) is 38.2 Å². The summed E-state index contributed by atoms with van der Waals surface area (Å²) < 4.78 is 45.5. The van der Waals surface area contributed by atoms with E-state index in [1.165, 1.54) is 59.5 Å². The molecule has 0 fully saturated rings. The molecule has 0 aliphatic rings. The number of carbonyl (C=O) groups excluding carboxylic acids is 2. The third-order valence-electron chi connectivity index (χ3n) is 8.04. The number of aliphatic carboxylic acids is 1. The smallest absolute Gasteiger partial charge is 0.416 e. The maximum atomic E-state index is 13.6. The standard InChI is InChI=1S/C40H35F3N2O5S/c1-26-3-9-29(10-4-26)30-14-19-35(20-15-30)51-25-28-7-5-27(6-8-28)23-45(24-38(47)48)39(49)31-11-16-33(17-12-31)44-37(46)21-32-13-18-34(50-2)22-36(32)40(41,42)43/h3-20,22H,21,23-25H2,1-2H3,(H,44,46)(H,47,48). The molecule has 0 spiro atoms. The van der Waals surface area contributed by atoms with Crippen molar-refractivity contribution in [2.45, 2.75) is 36.7 Å². The summed E-state index contributed by atoms with van der Waals surface area (Å²) in [4.78, 5) is 40.0. The summed E-state index contributed by atoms with van der Waals surface area (Å²) in [6, 6.07) is 33.5. The van der Waals surface area contributed by atoms with E-state index in [4.69, 9.17) is 4.74 Å². The Morgan fingerprint density at radius 1 is 0.804 bits per heavy atom. The number of halogens is 3. The summed E-state index contributed by atoms with van der Waals surface area (Å²) in [6.45, 7) is 1.59. The summed E-state index contributed by atoms with van der Waals surface area (Å²) in [6.07, 6.45) is -5.21. The molecule has 7 nitrogen and oxygen atoms in total. The van der Waals surface area contributed by atoms with Gasteiger partial charge in [0.1, 0.15) is 12.3 Å². The van der Waals surface area contributed by atoms with Crippen LogP contribution in [0.15, 0.2) is 120 Å². The average molecular weight is 713 g/mol. The molecule has 11 heteroatoms. The van der Waals surface area contributed by atoms with Crippen LogP contribution < -0.4 is 10.1 Å². The zero-order valence-electron chi connectivity index (χ0n) is 27.9. The monoisotopic (exact) mass is 712 g/mol. The highest BCUT2D eigenvalue weighted by molar-refractivity contribution is 7.98. The van der Waals surface area contributed by atoms with Crippen LogP contribution in [0.5, 0.6) is 5.75 Å². The predicted molar refractivity (Wildman–Crippen MR) is 192 cm³/mol. The number of amides is 2. The second-order valence-corrected chi connectivity index (χ2v) is 12.9. The first-order valence-electron chi connectivity index (χ1n) is 15.9. The second kappa shape index (κ2) is 16.4. The number of ether oxygens (including phenoxy) is 1. The van der Waals surface area contributed by atoms with Crippen molar-refractivity contribution in [1.29, 1.82) is 0 Å². The molecule has 0 aliphatic carbocycles. The number of hydrogen-bond donors (Lipinski definition) is 2. The normalized spacial score (nSPS) is 11.2. The SMILES string of the molecule is COc1ccc(CC(=O)Nc2ccc(C(=O)N(CC(=O)O)Cc3ccc(CSc4ccc(-c5ccc(C)cc5)cc4)cc3)cc2)c(C(F)(F)F)c1. The van der Waals surface area contributed by atoms with Crippen LogP contribution >= 0.6 is 11.8 Å². The lowest BCUT2D eigenvalue weighted by molar-refractivity contribution is -0.139. The van der Waals surface area contributed by atoms with Gasteiger partial charge in [0.05, 0.1) is 19.1 Å². The number of carbonyl (C=O) groups is 3. The van der Waals surface area contributed by atoms with Crippen molar-refractivity contribution in [3.8, 4) is 16.9 Å². The van der Waals surface area contributed by atoms with Crippen molar-refractivity contribution in [2.75, 3.05) is 19.0 Å². The molecule has 5 rings (SSSR count). The van der Waals surface area contributed by atoms with E-state index in [1.807, 2.05) is 24.3 Å². The molecule has 51 heavy (non-hydrogen) atoms. The number of anilines is 1. The zero-order valence-corrected chi connectivity index (χ0v) is 28.7. The van der Waals surface area contributed by atoms with Gasteiger partial charge >= 0.3 is 12.1 Å². The molecule has 0 aromatic heterocycles. The van der Waals surface area contributed by atoms with Crippen LogP contribution in [0.3, 0.4) is 0 Å². The minimum atomic E-state index is -4.68. The molecule has 5 aromatic carbocycles. The molecule has 0 atom stereocenters. The first kappa shape index (κ1) is 36.7. The Balaban J connectivity index is 1.17. The van der Waals surface area contributed by atoms with Gasteiger partial charge in [-0.2, -0.15) is 13.2 Å². The maximum absolute atomic E-state index is 13.6. The molecule has 0 saturated carbocycles. The predicted octanol–water partition coefficient (Wildman–Crippen LogP) is 8.89. The Hall–Kier alpha value is -5.55. The zero-order chi connectivity index (χ0) is 36.5. The number of benzene rings is 5. The summed E-state index contributed by atoms with van der Waals surface area (Å²) in [5.74, 6) is -1.64. The maximum Gasteiger partial charge on any atom is 0.416 e. The molecular weight excluding hydrogens is 678 g/mol. The van der Waals surface area contributed by atoms with E-state index in [-0.39, 0.29) is 29.1 Å². The summed E-state index contributed by atoms with van der Waals surface area (Å²) in [7, 11) is 1.25. The minimum Gasteiger partial charge on any atom is -0.497 e. The third-order valence-corrected chi connectivity index (χ3v) is 9.13. The van der Waals surface area contributed by atoms with Gasteiger partial charge in [0, 0.05) is 28.4 Å². The van der Waals surface area contributed by atoms with Gasteiger partial charge < -0.3 is 20.1 Å². The fourth-order valence-electron chi connectivity index (χ4n) is 5.34. The molecule has 0 saturated heterocycles.